The molecule has 2 heterocycles. The van der Waals surface area contributed by atoms with Crippen LogP contribution in [0.3, 0.4) is 0 Å². The molecule has 1 aromatic rings. The first-order valence-electron chi connectivity index (χ1n) is 8.88. The number of morpholine rings is 1. The zero-order valence-corrected chi connectivity index (χ0v) is 15.2. The van der Waals surface area contributed by atoms with E-state index in [-0.39, 0.29) is 24.4 Å². The smallest absolute Gasteiger partial charge is 0.263 e. The van der Waals surface area contributed by atoms with Crippen molar-refractivity contribution in [3.63, 3.8) is 0 Å². The van der Waals surface area contributed by atoms with Gasteiger partial charge in [-0.3, -0.25) is 9.69 Å². The molecule has 9 heteroatoms. The quantitative estimate of drug-likeness (QED) is 0.739. The number of hydrogen-bond acceptors (Lipinski definition) is 6. The Morgan fingerprint density at radius 3 is 2.59 bits per heavy atom. The van der Waals surface area contributed by atoms with Crippen LogP contribution in [0.4, 0.5) is 8.78 Å². The van der Waals surface area contributed by atoms with Crippen molar-refractivity contribution >= 4 is 5.91 Å². The van der Waals surface area contributed by atoms with Crippen molar-refractivity contribution in [3.8, 4) is 5.75 Å². The van der Waals surface area contributed by atoms with Gasteiger partial charge in [0.1, 0.15) is 17.4 Å². The van der Waals surface area contributed by atoms with Crippen molar-refractivity contribution in [2.45, 2.75) is 18.2 Å². The van der Waals surface area contributed by atoms with Crippen LogP contribution < -0.4 is 10.1 Å². The van der Waals surface area contributed by atoms with E-state index in [9.17, 15) is 13.6 Å². The van der Waals surface area contributed by atoms with Gasteiger partial charge in [0.05, 0.1) is 45.1 Å². The Kier molecular flexibility index (Phi) is 6.95. The van der Waals surface area contributed by atoms with Crippen molar-refractivity contribution in [1.82, 2.24) is 10.2 Å². The first-order chi connectivity index (χ1) is 13.1. The van der Waals surface area contributed by atoms with E-state index < -0.39 is 23.6 Å². The number of rotatable bonds is 7. The number of benzene rings is 1. The highest BCUT2D eigenvalue weighted by atomic mass is 19.1. The predicted octanol–water partition coefficient (Wildman–Crippen LogP) is 0.574. The summed E-state index contributed by atoms with van der Waals surface area (Å²) < 4.78 is 48.2. The Labute approximate surface area is 156 Å². The lowest BCUT2D eigenvalue weighted by atomic mass is 10.1. The fourth-order valence-corrected chi connectivity index (χ4v) is 3.30. The molecule has 1 aromatic carbocycles. The third-order valence-electron chi connectivity index (χ3n) is 4.62. The fourth-order valence-electron chi connectivity index (χ4n) is 3.30. The van der Waals surface area contributed by atoms with E-state index >= 15 is 0 Å². The van der Waals surface area contributed by atoms with Gasteiger partial charge in [-0.15, -0.1) is 0 Å². The predicted molar refractivity (Wildman–Crippen MR) is 91.6 cm³/mol. The zero-order valence-electron chi connectivity index (χ0n) is 15.2. The summed E-state index contributed by atoms with van der Waals surface area (Å²) in [6, 6.07) is 2.62. The van der Waals surface area contributed by atoms with Crippen molar-refractivity contribution in [2.75, 3.05) is 53.2 Å². The average Bonchev–Trinajstić information content (AvgIpc) is 3.09. The van der Waals surface area contributed by atoms with Crippen molar-refractivity contribution < 1.29 is 32.5 Å². The molecule has 0 saturated carbocycles. The molecule has 0 radical (unpaired) electrons. The van der Waals surface area contributed by atoms with Crippen LogP contribution in [0.2, 0.25) is 0 Å². The van der Waals surface area contributed by atoms with Gasteiger partial charge in [0.2, 0.25) is 0 Å². The maximum absolute atomic E-state index is 13.4. The molecule has 2 saturated heterocycles. The molecule has 3 rings (SSSR count). The topological polar surface area (TPSA) is 69.3 Å². The molecule has 0 aliphatic carbocycles. The Morgan fingerprint density at radius 1 is 1.22 bits per heavy atom. The van der Waals surface area contributed by atoms with Crippen LogP contribution >= 0.6 is 0 Å². The molecule has 3 atom stereocenters. The molecule has 27 heavy (non-hydrogen) atoms. The summed E-state index contributed by atoms with van der Waals surface area (Å²) in [4.78, 5) is 14.9. The number of methoxy groups -OCH3 is 1. The van der Waals surface area contributed by atoms with E-state index in [1.165, 1.54) is 7.11 Å². The van der Waals surface area contributed by atoms with Crippen LogP contribution in [-0.2, 0) is 19.0 Å². The molecule has 7 nitrogen and oxygen atoms in total. The van der Waals surface area contributed by atoms with E-state index in [0.29, 0.717) is 26.4 Å². The largest absolute Gasteiger partial charge is 0.478 e. The van der Waals surface area contributed by atoms with Crippen molar-refractivity contribution in [3.05, 3.63) is 29.8 Å². The van der Waals surface area contributed by atoms with Crippen LogP contribution in [0, 0.1) is 11.6 Å². The summed E-state index contributed by atoms with van der Waals surface area (Å²) >= 11 is 0. The van der Waals surface area contributed by atoms with Gasteiger partial charge < -0.3 is 24.3 Å². The van der Waals surface area contributed by atoms with Crippen LogP contribution in [0.5, 0.6) is 5.75 Å². The summed E-state index contributed by atoms with van der Waals surface area (Å²) in [5, 5.41) is 2.92. The first kappa shape index (κ1) is 19.9. The van der Waals surface area contributed by atoms with Crippen molar-refractivity contribution in [1.29, 1.82) is 0 Å². The van der Waals surface area contributed by atoms with Gasteiger partial charge in [-0.2, -0.15) is 0 Å². The van der Waals surface area contributed by atoms with Gasteiger partial charge in [-0.05, 0) is 0 Å². The molecule has 1 N–H and O–H groups in total. The second-order valence-corrected chi connectivity index (χ2v) is 6.54. The Hall–Kier alpha value is -1.81. The summed E-state index contributed by atoms with van der Waals surface area (Å²) in [7, 11) is 1.42. The molecular weight excluding hydrogens is 362 g/mol. The molecule has 1 unspecified atom stereocenters. The van der Waals surface area contributed by atoms with Gasteiger partial charge in [0.25, 0.3) is 5.91 Å². The second-order valence-electron chi connectivity index (χ2n) is 6.54. The monoisotopic (exact) mass is 386 g/mol. The number of carbonyl (C=O) groups is 1. The van der Waals surface area contributed by atoms with Crippen LogP contribution in [0.25, 0.3) is 0 Å². The summed E-state index contributed by atoms with van der Waals surface area (Å²) in [5.74, 6) is -2.05. The molecule has 1 amide bonds. The minimum absolute atomic E-state index is 0.0488. The molecule has 0 spiro atoms. The lowest BCUT2D eigenvalue weighted by Crippen LogP contribution is -2.56. The molecule has 2 aliphatic rings. The van der Waals surface area contributed by atoms with Gasteiger partial charge in [0.15, 0.2) is 6.10 Å². The van der Waals surface area contributed by atoms with Gasteiger partial charge in [-0.25, -0.2) is 8.78 Å². The SMILES string of the molecule is COCC(Oc1cc(F)cc(F)c1)C(=O)N[C@@H]1COC[C@H]1N1CCOCC1. The normalized spacial score (nSPS) is 24.6. The van der Waals surface area contributed by atoms with Gasteiger partial charge in [-0.1, -0.05) is 0 Å². The van der Waals surface area contributed by atoms with Crippen LogP contribution in [-0.4, -0.2) is 82.2 Å². The number of ether oxygens (including phenoxy) is 4. The lowest BCUT2D eigenvalue weighted by Gasteiger charge is -2.34. The maximum atomic E-state index is 13.4. The average molecular weight is 386 g/mol. The molecule has 2 fully saturated rings. The highest BCUT2D eigenvalue weighted by Crippen LogP contribution is 2.18. The lowest BCUT2D eigenvalue weighted by molar-refractivity contribution is -0.131. The van der Waals surface area contributed by atoms with E-state index in [1.54, 1.807) is 0 Å². The molecular formula is C18H24F2N2O5. The Balaban J connectivity index is 1.63. The second kappa shape index (κ2) is 9.41. The van der Waals surface area contributed by atoms with Gasteiger partial charge >= 0.3 is 0 Å². The maximum Gasteiger partial charge on any atom is 0.263 e. The highest BCUT2D eigenvalue weighted by molar-refractivity contribution is 5.81. The standard InChI is InChI=1S/C18H24F2N2O5/c1-24-11-17(27-14-7-12(19)6-13(20)8-14)18(23)21-15-9-26-10-16(15)22-2-4-25-5-3-22/h6-8,15-17H,2-5,9-11H2,1H3,(H,21,23)/t15-,16-,17?/m1/s1. The summed E-state index contributed by atoms with van der Waals surface area (Å²) in [5.41, 5.74) is 0. The van der Waals surface area contributed by atoms with Gasteiger partial charge in [0, 0.05) is 38.4 Å². The minimum atomic E-state index is -1.04. The molecule has 0 aromatic heterocycles. The number of amides is 1. The Morgan fingerprint density at radius 2 is 1.93 bits per heavy atom. The number of halogens is 2. The fraction of sp³-hybridized carbons (Fsp3) is 0.611. The van der Waals surface area contributed by atoms with E-state index in [4.69, 9.17) is 18.9 Å². The molecule has 0 bridgehead atoms. The van der Waals surface area contributed by atoms with E-state index in [0.717, 1.165) is 31.3 Å². The third-order valence-corrected chi connectivity index (χ3v) is 4.62. The zero-order chi connectivity index (χ0) is 19.2. The third kappa shape index (κ3) is 5.35. The number of hydrogen-bond donors (Lipinski definition) is 1. The van der Waals surface area contributed by atoms with Crippen LogP contribution in [0.15, 0.2) is 18.2 Å². The highest BCUT2D eigenvalue weighted by Gasteiger charge is 2.36. The summed E-state index contributed by atoms with van der Waals surface area (Å²) in [6.07, 6.45) is -1.04. The molecule has 150 valence electrons. The van der Waals surface area contributed by atoms with Crippen LogP contribution in [0.1, 0.15) is 0 Å². The number of nitrogens with one attached hydrogen (secondary N) is 1. The molecule has 2 aliphatic heterocycles. The van der Waals surface area contributed by atoms with E-state index in [2.05, 4.69) is 10.2 Å². The number of nitrogens with zero attached hydrogens (tertiary/aromatic N) is 1. The summed E-state index contributed by atoms with van der Waals surface area (Å²) in [6.45, 7) is 3.72. The van der Waals surface area contributed by atoms with E-state index in [1.807, 2.05) is 0 Å². The number of carbonyl (C=O) groups excluding carboxylic acids is 1. The minimum Gasteiger partial charge on any atom is -0.478 e. The van der Waals surface area contributed by atoms with Crippen molar-refractivity contribution in [2.24, 2.45) is 0 Å². The first-order valence-corrected chi connectivity index (χ1v) is 8.88. The Bertz CT molecular complexity index is 622.